The van der Waals surface area contributed by atoms with Gasteiger partial charge < -0.3 is 10.3 Å². The number of benzene rings is 1. The number of rotatable bonds is 4. The molecule has 0 saturated carbocycles. The first-order chi connectivity index (χ1) is 7.72. The number of anilines is 1. The molecule has 1 heterocycles. The van der Waals surface area contributed by atoms with E-state index in [0.29, 0.717) is 6.04 Å². The first kappa shape index (κ1) is 11.0. The summed E-state index contributed by atoms with van der Waals surface area (Å²) < 4.78 is 2.24. The second-order valence-electron chi connectivity index (χ2n) is 4.39. The number of hydrogen-bond acceptors (Lipinski definition) is 2. The Labute approximate surface area is 96.3 Å². The number of unbranched alkanes of at least 4 members (excludes halogenated alkanes) is 1. The predicted octanol–water partition coefficient (Wildman–Crippen LogP) is 3.37. The van der Waals surface area contributed by atoms with Crippen LogP contribution in [0.2, 0.25) is 0 Å². The number of fused-ring (bicyclic) bond motifs is 1. The standard InChI is InChI=1S/C13H19N3/c1-3-4-5-10(2)16-9-15-12-8-11(14)6-7-13(12)16/h6-10H,3-5,14H2,1-2H3. The summed E-state index contributed by atoms with van der Waals surface area (Å²) in [6.07, 6.45) is 5.62. The van der Waals surface area contributed by atoms with E-state index in [0.717, 1.165) is 11.2 Å². The van der Waals surface area contributed by atoms with Crippen molar-refractivity contribution in [2.45, 2.75) is 39.2 Å². The molecule has 1 atom stereocenters. The van der Waals surface area contributed by atoms with Crippen LogP contribution in [-0.2, 0) is 0 Å². The minimum absolute atomic E-state index is 0.508. The van der Waals surface area contributed by atoms with Crippen LogP contribution in [-0.4, -0.2) is 9.55 Å². The molecule has 0 spiro atoms. The number of nitrogens with zero attached hydrogens (tertiary/aromatic N) is 2. The van der Waals surface area contributed by atoms with Gasteiger partial charge in [0.2, 0.25) is 0 Å². The van der Waals surface area contributed by atoms with Gasteiger partial charge in [-0.25, -0.2) is 4.98 Å². The van der Waals surface area contributed by atoms with Crippen LogP contribution >= 0.6 is 0 Å². The highest BCUT2D eigenvalue weighted by Crippen LogP contribution is 2.22. The van der Waals surface area contributed by atoms with E-state index in [1.807, 2.05) is 18.5 Å². The summed E-state index contributed by atoms with van der Waals surface area (Å²) in [7, 11) is 0. The Morgan fingerprint density at radius 2 is 2.25 bits per heavy atom. The molecule has 0 fully saturated rings. The Morgan fingerprint density at radius 3 is 3.00 bits per heavy atom. The highest BCUT2D eigenvalue weighted by atomic mass is 15.1. The molecule has 0 bridgehead atoms. The lowest BCUT2D eigenvalue weighted by Gasteiger charge is -2.13. The zero-order valence-corrected chi connectivity index (χ0v) is 9.98. The molecular weight excluding hydrogens is 198 g/mol. The van der Waals surface area contributed by atoms with Crippen LogP contribution in [0.1, 0.15) is 39.2 Å². The Kier molecular flexibility index (Phi) is 3.13. The average Bonchev–Trinajstić information content (AvgIpc) is 2.68. The summed E-state index contributed by atoms with van der Waals surface area (Å²) >= 11 is 0. The predicted molar refractivity (Wildman–Crippen MR) is 68.4 cm³/mol. The lowest BCUT2D eigenvalue weighted by atomic mass is 10.1. The third kappa shape index (κ3) is 2.03. The number of nitrogen functional groups attached to an aromatic ring is 1. The van der Waals surface area contributed by atoms with Crippen molar-refractivity contribution in [1.82, 2.24) is 9.55 Å². The van der Waals surface area contributed by atoms with Gasteiger partial charge >= 0.3 is 0 Å². The molecule has 3 nitrogen and oxygen atoms in total. The van der Waals surface area contributed by atoms with Gasteiger partial charge in [-0.2, -0.15) is 0 Å². The van der Waals surface area contributed by atoms with E-state index in [2.05, 4.69) is 29.5 Å². The zero-order valence-electron chi connectivity index (χ0n) is 9.98. The number of hydrogen-bond donors (Lipinski definition) is 1. The first-order valence-electron chi connectivity index (χ1n) is 5.94. The molecule has 2 N–H and O–H groups in total. The summed E-state index contributed by atoms with van der Waals surface area (Å²) in [5.74, 6) is 0. The van der Waals surface area contributed by atoms with Crippen LogP contribution in [0.15, 0.2) is 24.5 Å². The molecule has 1 aromatic carbocycles. The summed E-state index contributed by atoms with van der Waals surface area (Å²) in [4.78, 5) is 4.39. The minimum atomic E-state index is 0.508. The van der Waals surface area contributed by atoms with Crippen LogP contribution in [0.25, 0.3) is 11.0 Å². The molecule has 1 aromatic heterocycles. The molecule has 0 radical (unpaired) electrons. The van der Waals surface area contributed by atoms with Gasteiger partial charge in [-0.1, -0.05) is 19.8 Å². The lowest BCUT2D eigenvalue weighted by molar-refractivity contribution is 0.496. The van der Waals surface area contributed by atoms with Crippen LogP contribution in [0.5, 0.6) is 0 Å². The van der Waals surface area contributed by atoms with Crippen LogP contribution in [0.3, 0.4) is 0 Å². The van der Waals surface area contributed by atoms with Gasteiger partial charge in [0.05, 0.1) is 17.4 Å². The van der Waals surface area contributed by atoms with Crippen molar-refractivity contribution in [3.63, 3.8) is 0 Å². The maximum absolute atomic E-state index is 5.74. The molecule has 0 saturated heterocycles. The van der Waals surface area contributed by atoms with Gasteiger partial charge in [0.1, 0.15) is 0 Å². The smallest absolute Gasteiger partial charge is 0.0960 e. The number of imidazole rings is 1. The number of aromatic nitrogens is 2. The van der Waals surface area contributed by atoms with Gasteiger partial charge in [0.15, 0.2) is 0 Å². The molecule has 2 aromatic rings. The fourth-order valence-electron chi connectivity index (χ4n) is 2.04. The van der Waals surface area contributed by atoms with E-state index in [4.69, 9.17) is 5.73 Å². The van der Waals surface area contributed by atoms with Gasteiger partial charge in [0.25, 0.3) is 0 Å². The Hall–Kier alpha value is -1.51. The van der Waals surface area contributed by atoms with E-state index in [1.54, 1.807) is 0 Å². The molecular formula is C13H19N3. The van der Waals surface area contributed by atoms with Crippen molar-refractivity contribution < 1.29 is 0 Å². The second-order valence-corrected chi connectivity index (χ2v) is 4.39. The highest BCUT2D eigenvalue weighted by Gasteiger charge is 2.08. The molecule has 1 unspecified atom stereocenters. The molecule has 3 heteroatoms. The van der Waals surface area contributed by atoms with E-state index in [-0.39, 0.29) is 0 Å². The Morgan fingerprint density at radius 1 is 1.44 bits per heavy atom. The molecule has 86 valence electrons. The maximum Gasteiger partial charge on any atom is 0.0960 e. The largest absolute Gasteiger partial charge is 0.399 e. The summed E-state index contributed by atoms with van der Waals surface area (Å²) in [6.45, 7) is 4.46. The number of nitrogens with two attached hydrogens (primary N) is 1. The van der Waals surface area contributed by atoms with Gasteiger partial charge in [-0.15, -0.1) is 0 Å². The Balaban J connectivity index is 2.31. The van der Waals surface area contributed by atoms with Crippen molar-refractivity contribution in [3.05, 3.63) is 24.5 Å². The molecule has 0 amide bonds. The van der Waals surface area contributed by atoms with E-state index >= 15 is 0 Å². The molecule has 0 aliphatic rings. The van der Waals surface area contributed by atoms with Crippen LogP contribution < -0.4 is 5.73 Å². The van der Waals surface area contributed by atoms with E-state index in [9.17, 15) is 0 Å². The monoisotopic (exact) mass is 217 g/mol. The minimum Gasteiger partial charge on any atom is -0.399 e. The molecule has 0 aliphatic carbocycles. The van der Waals surface area contributed by atoms with Crippen molar-refractivity contribution in [2.75, 3.05) is 5.73 Å². The van der Waals surface area contributed by atoms with E-state index in [1.165, 1.54) is 24.8 Å². The fourth-order valence-corrected chi connectivity index (χ4v) is 2.04. The summed E-state index contributed by atoms with van der Waals surface area (Å²) in [5.41, 5.74) is 8.68. The van der Waals surface area contributed by atoms with Crippen molar-refractivity contribution in [1.29, 1.82) is 0 Å². The SMILES string of the molecule is CCCCC(C)n1cnc2cc(N)ccc21. The maximum atomic E-state index is 5.74. The van der Waals surface area contributed by atoms with Crippen molar-refractivity contribution in [2.24, 2.45) is 0 Å². The third-order valence-corrected chi connectivity index (χ3v) is 3.05. The summed E-state index contributed by atoms with van der Waals surface area (Å²) in [5, 5.41) is 0. The highest BCUT2D eigenvalue weighted by molar-refractivity contribution is 5.79. The van der Waals surface area contributed by atoms with Gasteiger partial charge in [-0.05, 0) is 31.5 Å². The molecule has 2 rings (SSSR count). The zero-order chi connectivity index (χ0) is 11.5. The van der Waals surface area contributed by atoms with Crippen molar-refractivity contribution in [3.8, 4) is 0 Å². The van der Waals surface area contributed by atoms with Crippen LogP contribution in [0, 0.1) is 0 Å². The van der Waals surface area contributed by atoms with Crippen molar-refractivity contribution >= 4 is 16.7 Å². The third-order valence-electron chi connectivity index (χ3n) is 3.05. The second kappa shape index (κ2) is 4.56. The fraction of sp³-hybridized carbons (Fsp3) is 0.462. The van der Waals surface area contributed by atoms with E-state index < -0.39 is 0 Å². The summed E-state index contributed by atoms with van der Waals surface area (Å²) in [6, 6.07) is 6.43. The normalized spacial score (nSPS) is 13.1. The Bertz CT molecular complexity index is 473. The lowest BCUT2D eigenvalue weighted by Crippen LogP contribution is -2.03. The topological polar surface area (TPSA) is 43.8 Å². The van der Waals surface area contributed by atoms with Gasteiger partial charge in [0, 0.05) is 11.7 Å². The average molecular weight is 217 g/mol. The van der Waals surface area contributed by atoms with Crippen LogP contribution in [0.4, 0.5) is 5.69 Å². The quantitative estimate of drug-likeness (QED) is 0.798. The molecule has 16 heavy (non-hydrogen) atoms. The molecule has 0 aliphatic heterocycles. The van der Waals surface area contributed by atoms with Gasteiger partial charge in [-0.3, -0.25) is 0 Å². The first-order valence-corrected chi connectivity index (χ1v) is 5.94.